The van der Waals surface area contributed by atoms with Gasteiger partial charge in [0, 0.05) is 17.8 Å². The number of carbonyl (C=O) groups is 1. The van der Waals surface area contributed by atoms with Gasteiger partial charge in [-0.05, 0) is 50.2 Å². The van der Waals surface area contributed by atoms with Crippen molar-refractivity contribution in [3.05, 3.63) is 72.4 Å². The molecule has 0 bridgehead atoms. The number of hydrogen-bond acceptors (Lipinski definition) is 5. The number of benzene rings is 2. The van der Waals surface area contributed by atoms with E-state index in [4.69, 9.17) is 0 Å². The fraction of sp³-hybridized carbons (Fsp3) is 0.182. The van der Waals surface area contributed by atoms with Crippen LogP contribution in [0.15, 0.2) is 66.0 Å². The van der Waals surface area contributed by atoms with Gasteiger partial charge in [-0.15, -0.1) is 10.2 Å². The first kappa shape index (κ1) is 21.7. The lowest BCUT2D eigenvalue weighted by atomic mass is 10.2. The minimum absolute atomic E-state index is 0.0415. The average Bonchev–Trinajstić information content (AvgIpc) is 3.40. The molecular formula is C22H20F2N6OS. The summed E-state index contributed by atoms with van der Waals surface area (Å²) in [4.78, 5) is 12.5. The number of halogens is 2. The molecule has 1 N–H and O–H groups in total. The molecule has 32 heavy (non-hydrogen) atoms. The maximum atomic E-state index is 14.5. The molecule has 7 nitrogen and oxygen atoms in total. The van der Waals surface area contributed by atoms with Crippen LogP contribution in [0.2, 0.25) is 0 Å². The molecule has 0 radical (unpaired) electrons. The second-order valence-electron chi connectivity index (χ2n) is 7.19. The lowest BCUT2D eigenvalue weighted by Gasteiger charge is -2.12. The molecule has 0 aliphatic rings. The predicted molar refractivity (Wildman–Crippen MR) is 119 cm³/mol. The summed E-state index contributed by atoms with van der Waals surface area (Å²) in [5.74, 6) is -0.212. The molecule has 0 aliphatic heterocycles. The Morgan fingerprint density at radius 1 is 1.06 bits per heavy atom. The highest BCUT2D eigenvalue weighted by atomic mass is 32.2. The second-order valence-corrected chi connectivity index (χ2v) is 8.13. The quantitative estimate of drug-likeness (QED) is 0.409. The fourth-order valence-electron chi connectivity index (χ4n) is 3.14. The molecule has 10 heteroatoms. The van der Waals surface area contributed by atoms with Crippen LogP contribution in [0.4, 0.5) is 14.6 Å². The van der Waals surface area contributed by atoms with Crippen molar-refractivity contribution in [2.75, 3.05) is 11.1 Å². The van der Waals surface area contributed by atoms with Crippen LogP contribution in [0.25, 0.3) is 17.1 Å². The topological polar surface area (TPSA) is 77.6 Å². The molecule has 2 aromatic heterocycles. The maximum absolute atomic E-state index is 14.5. The molecule has 0 fully saturated rings. The molecule has 0 saturated heterocycles. The number of rotatable bonds is 7. The lowest BCUT2D eigenvalue weighted by Crippen LogP contribution is -2.18. The van der Waals surface area contributed by atoms with Gasteiger partial charge in [-0.25, -0.2) is 13.5 Å². The van der Waals surface area contributed by atoms with Gasteiger partial charge in [0.15, 0.2) is 11.0 Å². The highest BCUT2D eigenvalue weighted by Gasteiger charge is 2.20. The first-order valence-corrected chi connectivity index (χ1v) is 10.8. The summed E-state index contributed by atoms with van der Waals surface area (Å²) in [7, 11) is 0. The van der Waals surface area contributed by atoms with Crippen LogP contribution in [0.3, 0.4) is 0 Å². The van der Waals surface area contributed by atoms with Crippen molar-refractivity contribution in [2.45, 2.75) is 25.0 Å². The summed E-state index contributed by atoms with van der Waals surface area (Å²) >= 11 is 1.14. The van der Waals surface area contributed by atoms with Gasteiger partial charge in [0.05, 0.1) is 17.5 Å². The molecule has 4 aromatic rings. The van der Waals surface area contributed by atoms with Crippen molar-refractivity contribution >= 4 is 23.5 Å². The van der Waals surface area contributed by atoms with Crippen molar-refractivity contribution in [3.63, 3.8) is 0 Å². The van der Waals surface area contributed by atoms with Gasteiger partial charge >= 0.3 is 0 Å². The van der Waals surface area contributed by atoms with E-state index >= 15 is 0 Å². The Bertz CT molecular complexity index is 1240. The van der Waals surface area contributed by atoms with Crippen molar-refractivity contribution < 1.29 is 13.6 Å². The predicted octanol–water partition coefficient (Wildman–Crippen LogP) is 4.72. The molecule has 0 saturated carbocycles. The zero-order valence-corrected chi connectivity index (χ0v) is 18.2. The highest BCUT2D eigenvalue weighted by molar-refractivity contribution is 7.99. The summed E-state index contributed by atoms with van der Waals surface area (Å²) in [6.45, 7) is 3.93. The van der Waals surface area contributed by atoms with E-state index in [1.54, 1.807) is 51.8 Å². The smallest absolute Gasteiger partial charge is 0.235 e. The van der Waals surface area contributed by atoms with E-state index in [1.165, 1.54) is 18.2 Å². The van der Waals surface area contributed by atoms with Crippen molar-refractivity contribution in [2.24, 2.45) is 0 Å². The number of aromatic nitrogens is 5. The molecule has 164 valence electrons. The van der Waals surface area contributed by atoms with Crippen molar-refractivity contribution in [1.82, 2.24) is 24.5 Å². The molecule has 4 rings (SSSR count). The maximum Gasteiger partial charge on any atom is 0.235 e. The van der Waals surface area contributed by atoms with Crippen LogP contribution in [0.1, 0.15) is 19.9 Å². The van der Waals surface area contributed by atoms with Crippen molar-refractivity contribution in [3.8, 4) is 17.1 Å². The third-order valence-corrected chi connectivity index (χ3v) is 5.52. The number of anilines is 1. The molecule has 2 heterocycles. The minimum Gasteiger partial charge on any atom is -0.310 e. The van der Waals surface area contributed by atoms with Gasteiger partial charge in [0.25, 0.3) is 0 Å². The number of nitrogens with zero attached hydrogens (tertiary/aromatic N) is 5. The summed E-state index contributed by atoms with van der Waals surface area (Å²) < 4.78 is 31.2. The molecular weight excluding hydrogens is 434 g/mol. The summed E-state index contributed by atoms with van der Waals surface area (Å²) in [5.41, 5.74) is 0.803. The number of carbonyl (C=O) groups excluding carboxylic acids is 1. The number of amides is 1. The Balaban J connectivity index is 1.61. The van der Waals surface area contributed by atoms with Gasteiger partial charge < -0.3 is 5.32 Å². The van der Waals surface area contributed by atoms with E-state index in [9.17, 15) is 13.6 Å². The van der Waals surface area contributed by atoms with Crippen LogP contribution >= 0.6 is 11.8 Å². The van der Waals surface area contributed by atoms with E-state index in [0.717, 1.165) is 11.8 Å². The van der Waals surface area contributed by atoms with Gasteiger partial charge in [0.2, 0.25) is 5.91 Å². The first-order valence-electron chi connectivity index (χ1n) is 9.86. The van der Waals surface area contributed by atoms with Crippen LogP contribution < -0.4 is 5.32 Å². The molecule has 0 atom stereocenters. The normalized spacial score (nSPS) is 11.2. The van der Waals surface area contributed by atoms with E-state index in [1.807, 2.05) is 13.8 Å². The Kier molecular flexibility index (Phi) is 6.31. The Morgan fingerprint density at radius 2 is 1.81 bits per heavy atom. The van der Waals surface area contributed by atoms with E-state index in [-0.39, 0.29) is 29.1 Å². The SMILES string of the molecule is CC(C)n1nccc1NC(=O)CSc1nnc(-c2ccccc2F)n1-c1ccc(F)cc1. The van der Waals surface area contributed by atoms with Gasteiger partial charge in [-0.3, -0.25) is 9.36 Å². The number of nitrogens with one attached hydrogen (secondary N) is 1. The van der Waals surface area contributed by atoms with Crippen LogP contribution in [0.5, 0.6) is 0 Å². The Hall–Kier alpha value is -3.53. The third-order valence-electron chi connectivity index (χ3n) is 4.59. The standard InChI is InChI=1S/C22H20F2N6OS/c1-14(2)30-19(11-12-25-30)26-20(31)13-32-22-28-27-21(17-5-3-4-6-18(17)24)29(22)16-9-7-15(23)8-10-16/h3-12,14H,13H2,1-2H3,(H,26,31). The van der Waals surface area contributed by atoms with Gasteiger partial charge in [-0.2, -0.15) is 5.10 Å². The summed E-state index contributed by atoms with van der Waals surface area (Å²) in [5, 5.41) is 15.7. The molecule has 1 amide bonds. The minimum atomic E-state index is -0.459. The van der Waals surface area contributed by atoms with Gasteiger partial charge in [0.1, 0.15) is 17.5 Å². The molecule has 0 spiro atoms. The second kappa shape index (κ2) is 9.31. The van der Waals surface area contributed by atoms with Gasteiger partial charge in [-0.1, -0.05) is 23.9 Å². The Morgan fingerprint density at radius 3 is 2.53 bits per heavy atom. The molecule has 0 aliphatic carbocycles. The van der Waals surface area contributed by atoms with Crippen molar-refractivity contribution in [1.29, 1.82) is 0 Å². The summed E-state index contributed by atoms with van der Waals surface area (Å²) in [6, 6.07) is 13.7. The zero-order valence-electron chi connectivity index (χ0n) is 17.4. The number of hydrogen-bond donors (Lipinski definition) is 1. The largest absolute Gasteiger partial charge is 0.310 e. The molecule has 0 unspecified atom stereocenters. The van der Waals surface area contributed by atoms with Crippen LogP contribution in [-0.4, -0.2) is 36.2 Å². The summed E-state index contributed by atoms with van der Waals surface area (Å²) in [6.07, 6.45) is 1.62. The molecule has 2 aromatic carbocycles. The monoisotopic (exact) mass is 454 g/mol. The first-order chi connectivity index (χ1) is 15.4. The Labute approximate surface area is 187 Å². The van der Waals surface area contributed by atoms with E-state index in [2.05, 4.69) is 20.6 Å². The van der Waals surface area contributed by atoms with E-state index < -0.39 is 11.6 Å². The van der Waals surface area contributed by atoms with Crippen LogP contribution in [-0.2, 0) is 4.79 Å². The van der Waals surface area contributed by atoms with E-state index in [0.29, 0.717) is 16.7 Å². The number of thioether (sulfide) groups is 1. The lowest BCUT2D eigenvalue weighted by molar-refractivity contribution is -0.113. The third kappa shape index (κ3) is 4.54. The zero-order chi connectivity index (χ0) is 22.7. The van der Waals surface area contributed by atoms with Crippen LogP contribution in [0, 0.1) is 11.6 Å². The average molecular weight is 455 g/mol. The highest BCUT2D eigenvalue weighted by Crippen LogP contribution is 2.29. The fourth-order valence-corrected chi connectivity index (χ4v) is 3.89.